The number of benzene rings is 2. The highest BCUT2D eigenvalue weighted by Crippen LogP contribution is 2.36. The maximum Gasteiger partial charge on any atom is 0.161 e. The van der Waals surface area contributed by atoms with Gasteiger partial charge in [-0.1, -0.05) is 6.07 Å². The molecule has 162 valence electrons. The van der Waals surface area contributed by atoms with Gasteiger partial charge >= 0.3 is 0 Å². The van der Waals surface area contributed by atoms with Crippen LogP contribution in [0.15, 0.2) is 30.3 Å². The first-order valence-electron chi connectivity index (χ1n) is 10.3. The van der Waals surface area contributed by atoms with E-state index in [1.807, 2.05) is 18.2 Å². The molecule has 2 aromatic carbocycles. The topological polar surface area (TPSA) is 66.0 Å². The molecule has 1 N–H and O–H groups in total. The van der Waals surface area contributed by atoms with E-state index in [-0.39, 0.29) is 11.8 Å². The predicted octanol–water partition coefficient (Wildman–Crippen LogP) is 3.89. The van der Waals surface area contributed by atoms with E-state index in [1.165, 1.54) is 11.1 Å². The highest BCUT2D eigenvalue weighted by Gasteiger charge is 2.22. The average Bonchev–Trinajstić information content (AvgIpc) is 2.78. The molecule has 0 saturated heterocycles. The Labute approximate surface area is 178 Å². The van der Waals surface area contributed by atoms with Crippen molar-refractivity contribution in [1.29, 1.82) is 0 Å². The van der Waals surface area contributed by atoms with Crippen molar-refractivity contribution in [1.82, 2.24) is 5.32 Å². The van der Waals surface area contributed by atoms with E-state index in [9.17, 15) is 4.79 Å². The van der Waals surface area contributed by atoms with Crippen molar-refractivity contribution in [2.24, 2.45) is 0 Å². The summed E-state index contributed by atoms with van der Waals surface area (Å²) in [5.74, 6) is 3.12. The summed E-state index contributed by atoms with van der Waals surface area (Å²) < 4.78 is 21.5. The van der Waals surface area contributed by atoms with E-state index in [0.717, 1.165) is 48.6 Å². The molecule has 3 rings (SSSR count). The molecular weight excluding hydrogens is 382 g/mol. The van der Waals surface area contributed by atoms with Gasteiger partial charge in [0.05, 0.1) is 28.4 Å². The van der Waals surface area contributed by atoms with Gasteiger partial charge in [0.25, 0.3) is 0 Å². The number of fused-ring (bicyclic) bond motifs is 1. The fourth-order valence-electron chi connectivity index (χ4n) is 4.03. The van der Waals surface area contributed by atoms with Gasteiger partial charge in [0.2, 0.25) is 0 Å². The highest BCUT2D eigenvalue weighted by molar-refractivity contribution is 5.81. The number of hydrogen-bond acceptors (Lipinski definition) is 6. The van der Waals surface area contributed by atoms with Crippen LogP contribution in [0.25, 0.3) is 0 Å². The largest absolute Gasteiger partial charge is 0.497 e. The van der Waals surface area contributed by atoms with E-state index < -0.39 is 0 Å². The number of ketones is 1. The normalized spacial score (nSPS) is 15.3. The molecule has 6 nitrogen and oxygen atoms in total. The number of nitrogens with one attached hydrogen (secondary N) is 1. The number of ether oxygens (including phenoxy) is 4. The molecule has 0 saturated carbocycles. The van der Waals surface area contributed by atoms with Crippen LogP contribution >= 0.6 is 0 Å². The lowest BCUT2D eigenvalue weighted by Gasteiger charge is -2.28. The van der Waals surface area contributed by atoms with Crippen molar-refractivity contribution in [3.05, 3.63) is 47.0 Å². The predicted molar refractivity (Wildman–Crippen MR) is 116 cm³/mol. The molecule has 1 atom stereocenters. The molecule has 1 unspecified atom stereocenters. The Morgan fingerprint density at radius 1 is 0.967 bits per heavy atom. The number of carbonyl (C=O) groups is 1. The lowest BCUT2D eigenvalue weighted by molar-refractivity contribution is -0.118. The quantitative estimate of drug-likeness (QED) is 0.638. The number of hydrogen-bond donors (Lipinski definition) is 1. The van der Waals surface area contributed by atoms with Gasteiger partial charge in [-0.3, -0.25) is 4.79 Å². The molecule has 0 amide bonds. The van der Waals surface area contributed by atoms with Gasteiger partial charge in [-0.05, 0) is 55.1 Å². The van der Waals surface area contributed by atoms with Crippen LogP contribution in [-0.4, -0.2) is 40.8 Å². The minimum Gasteiger partial charge on any atom is -0.497 e. The zero-order valence-corrected chi connectivity index (χ0v) is 18.2. The summed E-state index contributed by atoms with van der Waals surface area (Å²) in [6.07, 6.45) is 3.59. The smallest absolute Gasteiger partial charge is 0.161 e. The Morgan fingerprint density at radius 3 is 2.40 bits per heavy atom. The molecule has 0 aliphatic carbocycles. The van der Waals surface area contributed by atoms with Gasteiger partial charge in [0, 0.05) is 30.5 Å². The minimum atomic E-state index is 0.210. The van der Waals surface area contributed by atoms with Crippen molar-refractivity contribution in [3.8, 4) is 23.0 Å². The Morgan fingerprint density at radius 2 is 1.70 bits per heavy atom. The van der Waals surface area contributed by atoms with Crippen molar-refractivity contribution < 1.29 is 23.7 Å². The van der Waals surface area contributed by atoms with E-state index in [1.54, 1.807) is 28.4 Å². The molecule has 1 aliphatic rings. The maximum atomic E-state index is 12.6. The fraction of sp³-hybridized carbons (Fsp3) is 0.458. The second-order valence-electron chi connectivity index (χ2n) is 7.45. The summed E-state index contributed by atoms with van der Waals surface area (Å²) in [5, 5.41) is 3.58. The van der Waals surface area contributed by atoms with Gasteiger partial charge in [-0.2, -0.15) is 0 Å². The molecule has 1 aliphatic heterocycles. The first kappa shape index (κ1) is 22.0. The third-order valence-electron chi connectivity index (χ3n) is 5.64. The second-order valence-corrected chi connectivity index (χ2v) is 7.45. The van der Waals surface area contributed by atoms with E-state index in [4.69, 9.17) is 18.9 Å². The number of methoxy groups -OCH3 is 4. The molecule has 0 fully saturated rings. The van der Waals surface area contributed by atoms with Crippen LogP contribution in [0.1, 0.15) is 42.0 Å². The molecule has 0 radical (unpaired) electrons. The summed E-state index contributed by atoms with van der Waals surface area (Å²) in [6.45, 7) is 0.921. The fourth-order valence-corrected chi connectivity index (χ4v) is 4.03. The zero-order valence-electron chi connectivity index (χ0n) is 18.2. The van der Waals surface area contributed by atoms with Crippen LogP contribution < -0.4 is 24.3 Å². The summed E-state index contributed by atoms with van der Waals surface area (Å²) >= 11 is 0. The molecule has 1 heterocycles. The van der Waals surface area contributed by atoms with E-state index in [2.05, 4.69) is 17.4 Å². The molecule has 0 bridgehead atoms. The first-order valence-corrected chi connectivity index (χ1v) is 10.3. The van der Waals surface area contributed by atoms with Crippen molar-refractivity contribution in [2.45, 2.75) is 38.1 Å². The number of carbonyl (C=O) groups excluding carboxylic acids is 1. The average molecular weight is 414 g/mol. The van der Waals surface area contributed by atoms with Gasteiger partial charge in [-0.15, -0.1) is 0 Å². The Kier molecular flexibility index (Phi) is 7.57. The van der Waals surface area contributed by atoms with Gasteiger partial charge in [0.15, 0.2) is 11.5 Å². The van der Waals surface area contributed by atoms with E-state index in [0.29, 0.717) is 18.6 Å². The van der Waals surface area contributed by atoms with Crippen molar-refractivity contribution >= 4 is 5.78 Å². The number of Topliss-reactive ketones (excluding diaryl/α,β-unsaturated/α-hetero) is 1. The lowest BCUT2D eigenvalue weighted by atomic mass is 9.90. The van der Waals surface area contributed by atoms with Crippen LogP contribution in [0.2, 0.25) is 0 Å². The maximum absolute atomic E-state index is 12.6. The molecular formula is C24H31NO5. The lowest BCUT2D eigenvalue weighted by Crippen LogP contribution is -2.30. The highest BCUT2D eigenvalue weighted by atomic mass is 16.5. The van der Waals surface area contributed by atoms with Crippen molar-refractivity contribution in [3.63, 3.8) is 0 Å². The minimum absolute atomic E-state index is 0.210. The van der Waals surface area contributed by atoms with Crippen molar-refractivity contribution in [2.75, 3.05) is 35.0 Å². The first-order chi connectivity index (χ1) is 14.6. The van der Waals surface area contributed by atoms with Crippen LogP contribution in [-0.2, 0) is 17.6 Å². The van der Waals surface area contributed by atoms with Gasteiger partial charge in [-0.25, -0.2) is 0 Å². The Balaban J connectivity index is 1.59. The van der Waals surface area contributed by atoms with Crippen LogP contribution in [0.5, 0.6) is 23.0 Å². The van der Waals surface area contributed by atoms with E-state index >= 15 is 0 Å². The SMILES string of the molecule is COc1ccc(CC(=O)CCCC2NCCc3cc(OC)c(OC)cc32)c(OC)c1. The van der Waals surface area contributed by atoms with Crippen LogP contribution in [0, 0.1) is 0 Å². The van der Waals surface area contributed by atoms with Gasteiger partial charge in [0.1, 0.15) is 17.3 Å². The zero-order chi connectivity index (χ0) is 21.5. The second kappa shape index (κ2) is 10.3. The summed E-state index contributed by atoms with van der Waals surface area (Å²) in [5.41, 5.74) is 3.41. The Bertz CT molecular complexity index is 880. The molecule has 0 aromatic heterocycles. The van der Waals surface area contributed by atoms with Crippen LogP contribution in [0.3, 0.4) is 0 Å². The number of rotatable bonds is 10. The molecule has 0 spiro atoms. The molecule has 6 heteroatoms. The summed E-state index contributed by atoms with van der Waals surface area (Å²) in [7, 11) is 6.54. The summed E-state index contributed by atoms with van der Waals surface area (Å²) in [4.78, 5) is 12.6. The third kappa shape index (κ3) is 5.05. The monoisotopic (exact) mass is 413 g/mol. The standard InChI is InChI=1S/C24H31NO5/c1-27-19-9-8-17(22(14-19)28-2)12-18(26)6-5-7-21-20-15-24(30-4)23(29-3)13-16(20)10-11-25-21/h8-9,13-15,21,25H,5-7,10-12H2,1-4H3. The van der Waals surface area contributed by atoms with Gasteiger partial charge < -0.3 is 24.3 Å². The third-order valence-corrected chi connectivity index (χ3v) is 5.64. The molecule has 2 aromatic rings. The van der Waals surface area contributed by atoms with Crippen LogP contribution in [0.4, 0.5) is 0 Å². The molecule has 30 heavy (non-hydrogen) atoms. The Hall–Kier alpha value is -2.73. The summed E-state index contributed by atoms with van der Waals surface area (Å²) in [6, 6.07) is 9.92.